The molecule has 0 radical (unpaired) electrons. The van der Waals surface area contributed by atoms with Crippen molar-refractivity contribution in [2.75, 3.05) is 7.05 Å². The minimum atomic E-state index is -0.477. The Morgan fingerprint density at radius 3 is 2.19 bits per heavy atom. The van der Waals surface area contributed by atoms with Gasteiger partial charge in [-0.3, -0.25) is 0 Å². The van der Waals surface area contributed by atoms with E-state index in [0.29, 0.717) is 6.42 Å². The van der Waals surface area contributed by atoms with Crippen molar-refractivity contribution in [3.05, 3.63) is 70.3 Å². The van der Waals surface area contributed by atoms with E-state index in [1.54, 1.807) is 0 Å². The van der Waals surface area contributed by atoms with Crippen LogP contribution in [0.15, 0.2) is 36.4 Å². The van der Waals surface area contributed by atoms with Gasteiger partial charge in [-0.1, -0.05) is 24.3 Å². The summed E-state index contributed by atoms with van der Waals surface area (Å²) < 4.78 is 27.5. The highest BCUT2D eigenvalue weighted by molar-refractivity contribution is 5.31. The fourth-order valence-corrected chi connectivity index (χ4v) is 2.47. The molecule has 0 fully saturated rings. The topological polar surface area (TPSA) is 12.0 Å². The van der Waals surface area contributed by atoms with E-state index in [1.807, 2.05) is 7.05 Å². The Kier molecular flexibility index (Phi) is 5.07. The van der Waals surface area contributed by atoms with Gasteiger partial charge in [-0.05, 0) is 62.6 Å². The number of benzene rings is 2. The van der Waals surface area contributed by atoms with Crippen LogP contribution >= 0.6 is 0 Å². The largest absolute Gasteiger partial charge is 0.316 e. The maximum atomic E-state index is 13.7. The molecular weight excluding hydrogens is 268 g/mol. The summed E-state index contributed by atoms with van der Waals surface area (Å²) in [6.07, 6.45) is 1.08. The Bertz CT molecular complexity index is 602. The standard InChI is InChI=1S/C18H21F2N/c1-12-7-8-14(9-13(12)2)10-15(21-3)11-16-17(19)5-4-6-18(16)20/h4-9,15,21H,10-11H2,1-3H3. The third kappa shape index (κ3) is 3.88. The number of aryl methyl sites for hydroxylation is 2. The van der Waals surface area contributed by atoms with E-state index in [4.69, 9.17) is 0 Å². The van der Waals surface area contributed by atoms with Gasteiger partial charge in [0.05, 0.1) is 0 Å². The van der Waals surface area contributed by atoms with Gasteiger partial charge in [0, 0.05) is 11.6 Å². The SMILES string of the molecule is CNC(Cc1ccc(C)c(C)c1)Cc1c(F)cccc1F. The van der Waals surface area contributed by atoms with E-state index < -0.39 is 11.6 Å². The Morgan fingerprint density at radius 2 is 1.62 bits per heavy atom. The normalized spacial score (nSPS) is 12.4. The third-order valence-electron chi connectivity index (χ3n) is 3.97. The van der Waals surface area contributed by atoms with Gasteiger partial charge in [0.15, 0.2) is 0 Å². The van der Waals surface area contributed by atoms with Crippen LogP contribution < -0.4 is 5.32 Å². The highest BCUT2D eigenvalue weighted by Crippen LogP contribution is 2.17. The molecule has 112 valence electrons. The Morgan fingerprint density at radius 1 is 0.952 bits per heavy atom. The third-order valence-corrected chi connectivity index (χ3v) is 3.97. The van der Waals surface area contributed by atoms with Crippen molar-refractivity contribution in [1.29, 1.82) is 0 Å². The quantitative estimate of drug-likeness (QED) is 0.878. The van der Waals surface area contributed by atoms with Crippen LogP contribution in [0, 0.1) is 25.5 Å². The molecule has 0 heterocycles. The van der Waals surface area contributed by atoms with Crippen LogP contribution in [0.3, 0.4) is 0 Å². The van der Waals surface area contributed by atoms with E-state index in [0.717, 1.165) is 6.42 Å². The van der Waals surface area contributed by atoms with Crippen molar-refractivity contribution >= 4 is 0 Å². The van der Waals surface area contributed by atoms with Crippen molar-refractivity contribution in [3.63, 3.8) is 0 Å². The summed E-state index contributed by atoms with van der Waals surface area (Å²) in [6.45, 7) is 4.15. The fourth-order valence-electron chi connectivity index (χ4n) is 2.47. The Hall–Kier alpha value is -1.74. The molecule has 1 unspecified atom stereocenters. The lowest BCUT2D eigenvalue weighted by atomic mass is 9.96. The summed E-state index contributed by atoms with van der Waals surface area (Å²) >= 11 is 0. The summed E-state index contributed by atoms with van der Waals surface area (Å²) in [5, 5.41) is 3.15. The zero-order valence-electron chi connectivity index (χ0n) is 12.7. The van der Waals surface area contributed by atoms with E-state index in [9.17, 15) is 8.78 Å². The van der Waals surface area contributed by atoms with Gasteiger partial charge in [-0.2, -0.15) is 0 Å². The van der Waals surface area contributed by atoms with E-state index in [-0.39, 0.29) is 11.6 Å². The number of nitrogens with one attached hydrogen (secondary N) is 1. The second-order valence-electron chi connectivity index (χ2n) is 5.51. The smallest absolute Gasteiger partial charge is 0.129 e. The summed E-state index contributed by atoms with van der Waals surface area (Å²) in [6, 6.07) is 10.3. The monoisotopic (exact) mass is 289 g/mol. The van der Waals surface area contributed by atoms with Gasteiger partial charge in [-0.25, -0.2) is 8.78 Å². The molecule has 21 heavy (non-hydrogen) atoms. The molecule has 2 aromatic carbocycles. The van der Waals surface area contributed by atoms with Crippen LogP contribution in [0.4, 0.5) is 8.78 Å². The van der Waals surface area contributed by atoms with Crippen molar-refractivity contribution in [2.24, 2.45) is 0 Å². The lowest BCUT2D eigenvalue weighted by molar-refractivity contribution is 0.502. The second-order valence-corrected chi connectivity index (χ2v) is 5.51. The van der Waals surface area contributed by atoms with Crippen LogP contribution in [0.25, 0.3) is 0 Å². The number of likely N-dealkylation sites (N-methyl/N-ethyl adjacent to an activating group) is 1. The Labute approximate surface area is 125 Å². The summed E-state index contributed by atoms with van der Waals surface area (Å²) in [7, 11) is 1.82. The van der Waals surface area contributed by atoms with Gasteiger partial charge in [0.1, 0.15) is 11.6 Å². The molecule has 2 aromatic rings. The van der Waals surface area contributed by atoms with E-state index in [2.05, 4.69) is 37.4 Å². The molecule has 2 rings (SSSR count). The zero-order valence-corrected chi connectivity index (χ0v) is 12.7. The first-order valence-electron chi connectivity index (χ1n) is 7.17. The van der Waals surface area contributed by atoms with Gasteiger partial charge in [0.25, 0.3) is 0 Å². The average Bonchev–Trinajstić information content (AvgIpc) is 2.45. The Balaban J connectivity index is 2.15. The van der Waals surface area contributed by atoms with Crippen molar-refractivity contribution < 1.29 is 8.78 Å². The number of hydrogen-bond acceptors (Lipinski definition) is 1. The maximum Gasteiger partial charge on any atom is 0.129 e. The van der Waals surface area contributed by atoms with Crippen molar-refractivity contribution in [1.82, 2.24) is 5.32 Å². The van der Waals surface area contributed by atoms with Gasteiger partial charge in [-0.15, -0.1) is 0 Å². The predicted molar refractivity (Wildman–Crippen MR) is 82.5 cm³/mol. The highest BCUT2D eigenvalue weighted by Gasteiger charge is 2.15. The summed E-state index contributed by atoms with van der Waals surface area (Å²) in [5.41, 5.74) is 3.81. The van der Waals surface area contributed by atoms with Gasteiger partial charge >= 0.3 is 0 Å². The van der Waals surface area contributed by atoms with E-state index >= 15 is 0 Å². The van der Waals surface area contributed by atoms with Crippen molar-refractivity contribution in [3.8, 4) is 0 Å². The van der Waals surface area contributed by atoms with Crippen LogP contribution in [0.1, 0.15) is 22.3 Å². The van der Waals surface area contributed by atoms with Gasteiger partial charge < -0.3 is 5.32 Å². The fraction of sp³-hybridized carbons (Fsp3) is 0.333. The second kappa shape index (κ2) is 6.81. The van der Waals surface area contributed by atoms with Crippen LogP contribution in [0.2, 0.25) is 0 Å². The summed E-state index contributed by atoms with van der Waals surface area (Å²) in [5.74, 6) is -0.953. The molecule has 1 N–H and O–H groups in total. The van der Waals surface area contributed by atoms with Crippen LogP contribution in [-0.2, 0) is 12.8 Å². The molecule has 1 atom stereocenters. The van der Waals surface area contributed by atoms with Crippen LogP contribution in [0.5, 0.6) is 0 Å². The molecule has 0 bridgehead atoms. The molecule has 0 aromatic heterocycles. The van der Waals surface area contributed by atoms with E-state index in [1.165, 1.54) is 34.9 Å². The molecule has 0 aliphatic rings. The molecule has 3 heteroatoms. The number of halogens is 2. The van der Waals surface area contributed by atoms with Crippen LogP contribution in [-0.4, -0.2) is 13.1 Å². The molecule has 1 nitrogen and oxygen atoms in total. The first kappa shape index (κ1) is 15.6. The minimum Gasteiger partial charge on any atom is -0.316 e. The molecule has 0 aliphatic carbocycles. The zero-order chi connectivity index (χ0) is 15.4. The van der Waals surface area contributed by atoms with Gasteiger partial charge in [0.2, 0.25) is 0 Å². The maximum absolute atomic E-state index is 13.7. The predicted octanol–water partition coefficient (Wildman–Crippen LogP) is 3.95. The molecule has 0 aliphatic heterocycles. The molecule has 0 spiro atoms. The average molecular weight is 289 g/mol. The lowest BCUT2D eigenvalue weighted by Crippen LogP contribution is -2.30. The number of rotatable bonds is 5. The number of hydrogen-bond donors (Lipinski definition) is 1. The first-order chi connectivity index (χ1) is 10.0. The lowest BCUT2D eigenvalue weighted by Gasteiger charge is -2.18. The highest BCUT2D eigenvalue weighted by atomic mass is 19.1. The molecule has 0 saturated heterocycles. The molecule has 0 amide bonds. The minimum absolute atomic E-state index is 0.00138. The molecule has 0 saturated carbocycles. The first-order valence-corrected chi connectivity index (χ1v) is 7.17. The summed E-state index contributed by atoms with van der Waals surface area (Å²) in [4.78, 5) is 0. The molecular formula is C18H21F2N. The van der Waals surface area contributed by atoms with Crippen molar-refractivity contribution in [2.45, 2.75) is 32.7 Å².